The summed E-state index contributed by atoms with van der Waals surface area (Å²) < 4.78 is 23.4. The van der Waals surface area contributed by atoms with Gasteiger partial charge in [-0.3, -0.25) is 4.79 Å². The molecule has 0 saturated heterocycles. The Kier molecular flexibility index (Phi) is 3.14. The Balaban J connectivity index is 1.99. The molecule has 0 radical (unpaired) electrons. The number of carbonyl (C=O) groups is 1. The zero-order valence-electron chi connectivity index (χ0n) is 11.0. The molecule has 102 valence electrons. The minimum absolute atomic E-state index is 0.239. The van der Waals surface area contributed by atoms with E-state index in [1.54, 1.807) is 6.07 Å². The summed E-state index contributed by atoms with van der Waals surface area (Å²) in [5.74, 6) is -0.556. The Labute approximate surface area is 114 Å². The van der Waals surface area contributed by atoms with Crippen molar-refractivity contribution >= 4 is 27.9 Å². The molecular weight excluding hydrogens is 259 g/mol. The fraction of sp³-hybridized carbons (Fsp3) is 0.188. The molecule has 0 N–H and O–H groups in total. The number of carbonyl (C=O) groups excluding carboxylic acids is 1. The molecule has 0 bridgehead atoms. The monoisotopic (exact) mass is 272 g/mol. The third-order valence-electron chi connectivity index (χ3n) is 3.35. The number of ether oxygens (including phenoxy) is 1. The second-order valence-corrected chi connectivity index (χ2v) is 4.65. The molecule has 3 nitrogen and oxygen atoms in total. The van der Waals surface area contributed by atoms with Crippen molar-refractivity contribution in [3.63, 3.8) is 0 Å². The van der Waals surface area contributed by atoms with Gasteiger partial charge in [0.25, 0.3) is 0 Å². The average Bonchev–Trinajstić information content (AvgIpc) is 2.80. The fourth-order valence-corrected chi connectivity index (χ4v) is 2.30. The van der Waals surface area contributed by atoms with E-state index >= 15 is 0 Å². The second kappa shape index (κ2) is 4.96. The van der Waals surface area contributed by atoms with E-state index in [0.717, 1.165) is 16.3 Å². The molecule has 2 aromatic carbocycles. The molecule has 0 spiro atoms. The lowest BCUT2D eigenvalue weighted by Gasteiger charge is -2.00. The van der Waals surface area contributed by atoms with E-state index < -0.39 is 0 Å². The standard InChI is InChI=1S/C16H13FO3/c1-19-16(18)7-3-10-2-5-12-13-6-4-11(17)9-15(13)20-14(12)8-10/h2,4-6,8-9H,3,7H2,1H3. The Morgan fingerprint density at radius 1 is 1.15 bits per heavy atom. The minimum atomic E-state index is -0.317. The van der Waals surface area contributed by atoms with Crippen LogP contribution >= 0.6 is 0 Å². The highest BCUT2D eigenvalue weighted by atomic mass is 19.1. The van der Waals surface area contributed by atoms with Gasteiger partial charge in [0, 0.05) is 23.3 Å². The lowest BCUT2D eigenvalue weighted by molar-refractivity contribution is -0.140. The lowest BCUT2D eigenvalue weighted by atomic mass is 10.1. The Morgan fingerprint density at radius 2 is 1.85 bits per heavy atom. The normalized spacial score (nSPS) is 11.1. The van der Waals surface area contributed by atoms with Crippen LogP contribution in [0.15, 0.2) is 40.8 Å². The van der Waals surface area contributed by atoms with Gasteiger partial charge in [0.1, 0.15) is 17.0 Å². The van der Waals surface area contributed by atoms with E-state index in [2.05, 4.69) is 4.74 Å². The van der Waals surface area contributed by atoms with Crippen LogP contribution in [0.2, 0.25) is 0 Å². The summed E-state index contributed by atoms with van der Waals surface area (Å²) in [5, 5.41) is 1.84. The van der Waals surface area contributed by atoms with Crippen LogP contribution in [0, 0.1) is 5.82 Å². The van der Waals surface area contributed by atoms with Gasteiger partial charge in [-0.25, -0.2) is 4.39 Å². The van der Waals surface area contributed by atoms with E-state index in [-0.39, 0.29) is 11.8 Å². The number of rotatable bonds is 3. The van der Waals surface area contributed by atoms with E-state index in [9.17, 15) is 9.18 Å². The topological polar surface area (TPSA) is 39.4 Å². The van der Waals surface area contributed by atoms with E-state index in [1.807, 2.05) is 18.2 Å². The number of halogens is 1. The number of hydrogen-bond acceptors (Lipinski definition) is 3. The zero-order chi connectivity index (χ0) is 14.1. The molecule has 3 aromatic rings. The zero-order valence-corrected chi connectivity index (χ0v) is 11.0. The molecule has 0 fully saturated rings. The number of benzene rings is 2. The predicted molar refractivity (Wildman–Crippen MR) is 74.0 cm³/mol. The van der Waals surface area contributed by atoms with Gasteiger partial charge in [0.15, 0.2) is 0 Å². The van der Waals surface area contributed by atoms with Crippen LogP contribution < -0.4 is 0 Å². The molecule has 0 saturated carbocycles. The smallest absolute Gasteiger partial charge is 0.305 e. The van der Waals surface area contributed by atoms with Crippen molar-refractivity contribution in [2.45, 2.75) is 12.8 Å². The first-order chi connectivity index (χ1) is 9.67. The molecule has 0 amide bonds. The third-order valence-corrected chi connectivity index (χ3v) is 3.35. The van der Waals surface area contributed by atoms with Crippen molar-refractivity contribution < 1.29 is 18.3 Å². The van der Waals surface area contributed by atoms with Gasteiger partial charge < -0.3 is 9.15 Å². The van der Waals surface area contributed by atoms with Gasteiger partial charge >= 0.3 is 5.97 Å². The predicted octanol–water partition coefficient (Wildman–Crippen LogP) is 3.83. The van der Waals surface area contributed by atoms with Crippen LogP contribution in [0.25, 0.3) is 21.9 Å². The molecular formula is C16H13FO3. The second-order valence-electron chi connectivity index (χ2n) is 4.65. The first-order valence-electron chi connectivity index (χ1n) is 6.35. The Hall–Kier alpha value is -2.36. The highest BCUT2D eigenvalue weighted by molar-refractivity contribution is 6.04. The lowest BCUT2D eigenvalue weighted by Crippen LogP contribution is -2.01. The largest absolute Gasteiger partial charge is 0.469 e. The first kappa shape index (κ1) is 12.7. The van der Waals surface area contributed by atoms with Crippen LogP contribution in [-0.2, 0) is 16.0 Å². The van der Waals surface area contributed by atoms with E-state index in [4.69, 9.17) is 4.42 Å². The average molecular weight is 272 g/mol. The van der Waals surface area contributed by atoms with Crippen LogP contribution in [0.3, 0.4) is 0 Å². The van der Waals surface area contributed by atoms with E-state index in [0.29, 0.717) is 24.0 Å². The van der Waals surface area contributed by atoms with Crippen molar-refractivity contribution in [2.24, 2.45) is 0 Å². The highest BCUT2D eigenvalue weighted by Gasteiger charge is 2.09. The van der Waals surface area contributed by atoms with Crippen LogP contribution in [0.4, 0.5) is 4.39 Å². The van der Waals surface area contributed by atoms with Crippen LogP contribution in [0.5, 0.6) is 0 Å². The first-order valence-corrected chi connectivity index (χ1v) is 6.35. The van der Waals surface area contributed by atoms with Crippen LogP contribution in [0.1, 0.15) is 12.0 Å². The molecule has 0 aliphatic heterocycles. The van der Waals surface area contributed by atoms with Crippen molar-refractivity contribution in [1.29, 1.82) is 0 Å². The summed E-state index contributed by atoms with van der Waals surface area (Å²) >= 11 is 0. The SMILES string of the molecule is COC(=O)CCc1ccc2c(c1)oc1cc(F)ccc12. The summed E-state index contributed by atoms with van der Waals surface area (Å²) in [5.41, 5.74) is 2.22. The molecule has 0 unspecified atom stereocenters. The summed E-state index contributed by atoms with van der Waals surface area (Å²) in [6.45, 7) is 0. The van der Waals surface area contributed by atoms with Crippen molar-refractivity contribution in [3.05, 3.63) is 47.8 Å². The van der Waals surface area contributed by atoms with Gasteiger partial charge in [-0.2, -0.15) is 0 Å². The fourth-order valence-electron chi connectivity index (χ4n) is 2.30. The van der Waals surface area contributed by atoms with Gasteiger partial charge in [0.2, 0.25) is 0 Å². The van der Waals surface area contributed by atoms with Crippen molar-refractivity contribution in [1.82, 2.24) is 0 Å². The summed E-state index contributed by atoms with van der Waals surface area (Å²) in [6.07, 6.45) is 0.922. The molecule has 1 heterocycles. The number of fused-ring (bicyclic) bond motifs is 3. The molecule has 1 aromatic heterocycles. The summed E-state index contributed by atoms with van der Waals surface area (Å²) in [4.78, 5) is 11.1. The quantitative estimate of drug-likeness (QED) is 0.680. The Morgan fingerprint density at radius 3 is 2.60 bits per heavy atom. The number of hydrogen-bond donors (Lipinski definition) is 0. The molecule has 4 heteroatoms. The van der Waals surface area contributed by atoms with E-state index in [1.165, 1.54) is 19.2 Å². The third kappa shape index (κ3) is 2.25. The number of aryl methyl sites for hydroxylation is 1. The molecule has 20 heavy (non-hydrogen) atoms. The van der Waals surface area contributed by atoms with Gasteiger partial charge in [-0.15, -0.1) is 0 Å². The Bertz CT molecular complexity index is 789. The maximum atomic E-state index is 13.2. The maximum absolute atomic E-state index is 13.2. The van der Waals surface area contributed by atoms with Crippen LogP contribution in [-0.4, -0.2) is 13.1 Å². The maximum Gasteiger partial charge on any atom is 0.305 e. The summed E-state index contributed by atoms with van der Waals surface area (Å²) in [6, 6.07) is 10.3. The van der Waals surface area contributed by atoms with Gasteiger partial charge in [0.05, 0.1) is 7.11 Å². The van der Waals surface area contributed by atoms with Crippen molar-refractivity contribution in [2.75, 3.05) is 7.11 Å². The highest BCUT2D eigenvalue weighted by Crippen LogP contribution is 2.30. The number of furan rings is 1. The molecule has 0 aliphatic carbocycles. The number of methoxy groups -OCH3 is 1. The molecule has 0 aliphatic rings. The minimum Gasteiger partial charge on any atom is -0.469 e. The van der Waals surface area contributed by atoms with Gasteiger partial charge in [-0.05, 0) is 30.2 Å². The molecule has 0 atom stereocenters. The number of esters is 1. The summed E-state index contributed by atoms with van der Waals surface area (Å²) in [7, 11) is 1.37. The van der Waals surface area contributed by atoms with Crippen molar-refractivity contribution in [3.8, 4) is 0 Å². The molecule has 3 rings (SSSR count). The van der Waals surface area contributed by atoms with Gasteiger partial charge in [-0.1, -0.05) is 12.1 Å².